The van der Waals surface area contributed by atoms with Gasteiger partial charge in [-0.05, 0) is 12.1 Å². The molecule has 0 unspecified atom stereocenters. The van der Waals surface area contributed by atoms with E-state index in [-0.39, 0.29) is 11.3 Å². The van der Waals surface area contributed by atoms with E-state index in [1.54, 1.807) is 6.07 Å². The molecule has 0 aromatic heterocycles. The van der Waals surface area contributed by atoms with Crippen LogP contribution in [0.25, 0.3) is 0 Å². The molecule has 1 amide bonds. The lowest BCUT2D eigenvalue weighted by atomic mass is 9.99. The summed E-state index contributed by atoms with van der Waals surface area (Å²) in [4.78, 5) is 21.9. The quantitative estimate of drug-likeness (QED) is 0.640. The molecule has 1 heterocycles. The molecule has 2 rings (SSSR count). The van der Waals surface area contributed by atoms with Crippen molar-refractivity contribution in [2.24, 2.45) is 0 Å². The minimum absolute atomic E-state index is 0.133. The molecule has 1 aromatic rings. The Kier molecular flexibility index (Phi) is 1.64. The molecule has 5 heteroatoms. The van der Waals surface area contributed by atoms with Crippen molar-refractivity contribution < 1.29 is 18.4 Å². The van der Waals surface area contributed by atoms with Gasteiger partial charge >= 0.3 is 11.8 Å². The summed E-state index contributed by atoms with van der Waals surface area (Å²) in [5.41, 5.74) is -0.0227. The van der Waals surface area contributed by atoms with E-state index in [0.29, 0.717) is 0 Å². The van der Waals surface area contributed by atoms with Crippen molar-refractivity contribution in [2.45, 2.75) is 5.92 Å². The number of carbonyl (C=O) groups excluding carboxylic acids is 2. The Bertz CT molecular complexity index is 429. The van der Waals surface area contributed by atoms with Crippen LogP contribution in [0.2, 0.25) is 0 Å². The highest BCUT2D eigenvalue weighted by atomic mass is 19.3. The van der Waals surface area contributed by atoms with Gasteiger partial charge in [0.1, 0.15) is 0 Å². The Morgan fingerprint density at radius 3 is 2.50 bits per heavy atom. The largest absolute Gasteiger partial charge is 0.386 e. The third-order valence-corrected chi connectivity index (χ3v) is 1.99. The maximum atomic E-state index is 12.9. The van der Waals surface area contributed by atoms with Crippen LogP contribution in [0.1, 0.15) is 10.4 Å². The highest BCUT2D eigenvalue weighted by Crippen LogP contribution is 2.31. The van der Waals surface area contributed by atoms with Crippen molar-refractivity contribution >= 4 is 17.4 Å². The summed E-state index contributed by atoms with van der Waals surface area (Å²) in [6, 6.07) is 5.67. The Morgan fingerprint density at radius 1 is 1.14 bits per heavy atom. The Morgan fingerprint density at radius 2 is 1.79 bits per heavy atom. The SMILES string of the molecule is O=C1Nc2ccccc2C(=O)C1(F)F. The number of hydrogen-bond acceptors (Lipinski definition) is 2. The molecule has 0 fully saturated rings. The van der Waals surface area contributed by atoms with Crippen molar-refractivity contribution in [3.63, 3.8) is 0 Å². The topological polar surface area (TPSA) is 46.2 Å². The summed E-state index contributed by atoms with van der Waals surface area (Å²) < 4.78 is 25.8. The van der Waals surface area contributed by atoms with Crippen molar-refractivity contribution in [3.8, 4) is 0 Å². The van der Waals surface area contributed by atoms with Crippen LogP contribution < -0.4 is 5.32 Å². The van der Waals surface area contributed by atoms with Gasteiger partial charge in [0.15, 0.2) is 0 Å². The van der Waals surface area contributed by atoms with Gasteiger partial charge in [-0.1, -0.05) is 12.1 Å². The summed E-state index contributed by atoms with van der Waals surface area (Å²) in [5.74, 6) is -6.97. The first kappa shape index (κ1) is 8.80. The van der Waals surface area contributed by atoms with E-state index >= 15 is 0 Å². The minimum atomic E-state index is -3.95. The third kappa shape index (κ3) is 1.02. The number of fused-ring (bicyclic) bond motifs is 1. The molecule has 3 nitrogen and oxygen atoms in total. The predicted molar refractivity (Wildman–Crippen MR) is 44.3 cm³/mol. The van der Waals surface area contributed by atoms with Gasteiger partial charge in [0.25, 0.3) is 0 Å². The van der Waals surface area contributed by atoms with Crippen molar-refractivity contribution in [1.29, 1.82) is 0 Å². The van der Waals surface area contributed by atoms with Gasteiger partial charge in [0.2, 0.25) is 5.78 Å². The van der Waals surface area contributed by atoms with Crippen LogP contribution in [0, 0.1) is 0 Å². The van der Waals surface area contributed by atoms with Gasteiger partial charge in [0, 0.05) is 5.56 Å². The maximum absolute atomic E-state index is 12.9. The van der Waals surface area contributed by atoms with E-state index in [0.717, 1.165) is 0 Å². The van der Waals surface area contributed by atoms with Gasteiger partial charge in [0.05, 0.1) is 5.69 Å². The fourth-order valence-electron chi connectivity index (χ4n) is 1.26. The first-order valence-corrected chi connectivity index (χ1v) is 3.86. The number of rotatable bonds is 0. The number of carbonyl (C=O) groups is 2. The molecule has 14 heavy (non-hydrogen) atoms. The van der Waals surface area contributed by atoms with E-state index in [9.17, 15) is 18.4 Å². The lowest BCUT2D eigenvalue weighted by molar-refractivity contribution is -0.134. The molecule has 1 aliphatic heterocycles. The molecular formula is C9H5F2NO2. The Labute approximate surface area is 77.7 Å². The first-order valence-electron chi connectivity index (χ1n) is 3.86. The number of nitrogens with one attached hydrogen (secondary N) is 1. The number of alkyl halides is 2. The van der Waals surface area contributed by atoms with Crippen molar-refractivity contribution in [2.75, 3.05) is 5.32 Å². The van der Waals surface area contributed by atoms with E-state index in [1.807, 2.05) is 5.32 Å². The third-order valence-electron chi connectivity index (χ3n) is 1.99. The molecule has 1 aliphatic rings. The minimum Gasteiger partial charge on any atom is -0.320 e. The number of para-hydroxylation sites is 1. The van der Waals surface area contributed by atoms with Crippen LogP contribution in [0.15, 0.2) is 24.3 Å². The average molecular weight is 197 g/mol. The van der Waals surface area contributed by atoms with E-state index in [2.05, 4.69) is 0 Å². The molecule has 1 aromatic carbocycles. The first-order chi connectivity index (χ1) is 6.53. The number of hydrogen-bond donors (Lipinski definition) is 1. The monoisotopic (exact) mass is 197 g/mol. The molecule has 0 saturated heterocycles. The van der Waals surface area contributed by atoms with Gasteiger partial charge in [-0.2, -0.15) is 8.78 Å². The molecule has 0 spiro atoms. The van der Waals surface area contributed by atoms with Gasteiger partial charge in [-0.25, -0.2) is 0 Å². The predicted octanol–water partition coefficient (Wildman–Crippen LogP) is 1.46. The van der Waals surface area contributed by atoms with Crippen LogP contribution in [-0.4, -0.2) is 17.6 Å². The summed E-state index contributed by atoms with van der Waals surface area (Å²) in [6.07, 6.45) is 0. The van der Waals surface area contributed by atoms with Gasteiger partial charge in [-0.3, -0.25) is 9.59 Å². The van der Waals surface area contributed by atoms with Crippen LogP contribution in [-0.2, 0) is 4.79 Å². The zero-order chi connectivity index (χ0) is 10.3. The molecule has 0 bridgehead atoms. The van der Waals surface area contributed by atoms with Gasteiger partial charge < -0.3 is 5.32 Å². The normalized spacial score (nSPS) is 18.7. The lowest BCUT2D eigenvalue weighted by Gasteiger charge is -2.22. The molecule has 0 aliphatic carbocycles. The summed E-state index contributed by atoms with van der Waals surface area (Å²) >= 11 is 0. The maximum Gasteiger partial charge on any atom is 0.386 e. The van der Waals surface area contributed by atoms with Gasteiger partial charge in [-0.15, -0.1) is 0 Å². The standard InChI is InChI=1S/C9H5F2NO2/c10-9(11)7(13)5-3-1-2-4-6(5)12-8(9)14/h1-4H,(H,12,14). The highest BCUT2D eigenvalue weighted by molar-refractivity contribution is 6.25. The fraction of sp³-hybridized carbons (Fsp3) is 0.111. The number of anilines is 1. The molecule has 0 radical (unpaired) electrons. The number of benzene rings is 1. The molecule has 72 valence electrons. The smallest absolute Gasteiger partial charge is 0.320 e. The molecule has 0 saturated carbocycles. The number of amides is 1. The van der Waals surface area contributed by atoms with E-state index in [4.69, 9.17) is 0 Å². The zero-order valence-electron chi connectivity index (χ0n) is 6.88. The van der Waals surface area contributed by atoms with Crippen LogP contribution in [0.4, 0.5) is 14.5 Å². The summed E-state index contributed by atoms with van der Waals surface area (Å²) in [7, 11) is 0. The molecule has 1 N–H and O–H groups in total. The second kappa shape index (κ2) is 2.60. The fourth-order valence-corrected chi connectivity index (χ4v) is 1.26. The number of halogens is 2. The zero-order valence-corrected chi connectivity index (χ0v) is 6.88. The second-order valence-electron chi connectivity index (χ2n) is 2.90. The summed E-state index contributed by atoms with van der Waals surface area (Å²) in [6.45, 7) is 0. The summed E-state index contributed by atoms with van der Waals surface area (Å²) in [5, 5.41) is 1.97. The van der Waals surface area contributed by atoms with Crippen molar-refractivity contribution in [1.82, 2.24) is 0 Å². The van der Waals surface area contributed by atoms with E-state index < -0.39 is 17.6 Å². The Hall–Kier alpha value is -1.78. The highest BCUT2D eigenvalue weighted by Gasteiger charge is 2.51. The molecular weight excluding hydrogens is 192 g/mol. The van der Waals surface area contributed by atoms with E-state index in [1.165, 1.54) is 18.2 Å². The van der Waals surface area contributed by atoms with Crippen LogP contribution in [0.5, 0.6) is 0 Å². The van der Waals surface area contributed by atoms with Crippen molar-refractivity contribution in [3.05, 3.63) is 29.8 Å². The lowest BCUT2D eigenvalue weighted by Crippen LogP contribution is -2.46. The number of ketones is 1. The van der Waals surface area contributed by atoms with Crippen LogP contribution >= 0.6 is 0 Å². The second-order valence-corrected chi connectivity index (χ2v) is 2.90. The Balaban J connectivity index is 2.61. The molecule has 0 atom stereocenters. The van der Waals surface area contributed by atoms with Crippen LogP contribution in [0.3, 0.4) is 0 Å². The number of Topliss-reactive ketones (excluding diaryl/α,β-unsaturated/α-hetero) is 1. The average Bonchev–Trinajstić information content (AvgIpc) is 2.15.